The molecule has 2 heterocycles. The van der Waals surface area contributed by atoms with Gasteiger partial charge in [-0.3, -0.25) is 4.79 Å². The van der Waals surface area contributed by atoms with Crippen molar-refractivity contribution in [3.8, 4) is 11.5 Å². The summed E-state index contributed by atoms with van der Waals surface area (Å²) < 4.78 is 22.5. The predicted molar refractivity (Wildman–Crippen MR) is 101 cm³/mol. The Labute approximate surface area is 163 Å². The summed E-state index contributed by atoms with van der Waals surface area (Å²) in [6, 6.07) is 3.59. The van der Waals surface area contributed by atoms with E-state index >= 15 is 0 Å². The number of ether oxygens (including phenoxy) is 4. The smallest absolute Gasteiger partial charge is 0.244 e. The zero-order valence-corrected chi connectivity index (χ0v) is 15.9. The van der Waals surface area contributed by atoms with Crippen LogP contribution in [0.4, 0.5) is 0 Å². The number of carbonyl (C=O) groups excluding carboxylic acids is 1. The molecule has 4 rings (SSSR count). The molecular formula is C20H24ClNO5. The summed E-state index contributed by atoms with van der Waals surface area (Å²) in [6.07, 6.45) is 7.06. The van der Waals surface area contributed by atoms with Crippen molar-refractivity contribution < 1.29 is 23.7 Å². The lowest BCUT2D eigenvalue weighted by Gasteiger charge is -2.35. The minimum atomic E-state index is -0.349. The van der Waals surface area contributed by atoms with Crippen LogP contribution < -0.4 is 14.8 Å². The van der Waals surface area contributed by atoms with Crippen LogP contribution >= 0.6 is 11.6 Å². The van der Waals surface area contributed by atoms with Crippen LogP contribution in [0.2, 0.25) is 5.02 Å². The van der Waals surface area contributed by atoms with Crippen LogP contribution in [0.15, 0.2) is 18.2 Å². The highest BCUT2D eigenvalue weighted by molar-refractivity contribution is 6.32. The molecule has 27 heavy (non-hydrogen) atoms. The zero-order valence-electron chi connectivity index (χ0n) is 15.2. The third-order valence-electron chi connectivity index (χ3n) is 5.29. The summed E-state index contributed by atoms with van der Waals surface area (Å²) in [5.41, 5.74) is 0.800. The van der Waals surface area contributed by atoms with Crippen LogP contribution in [-0.2, 0) is 14.3 Å². The fourth-order valence-electron chi connectivity index (χ4n) is 3.81. The SMILES string of the molecule is O=C(/C=C/c1cc(Cl)c2c(c1)OCCO2)NCC1CCC2(CC1)OCCO2. The van der Waals surface area contributed by atoms with Gasteiger partial charge in [-0.25, -0.2) is 0 Å². The monoisotopic (exact) mass is 393 g/mol. The summed E-state index contributed by atoms with van der Waals surface area (Å²) >= 11 is 6.22. The first-order valence-electron chi connectivity index (χ1n) is 9.47. The maximum absolute atomic E-state index is 12.1. The zero-order chi connectivity index (χ0) is 18.7. The Morgan fingerprint density at radius 2 is 1.89 bits per heavy atom. The molecule has 0 radical (unpaired) electrons. The molecule has 0 atom stereocenters. The average Bonchev–Trinajstić information content (AvgIpc) is 3.14. The maximum atomic E-state index is 12.1. The Balaban J connectivity index is 1.26. The lowest BCUT2D eigenvalue weighted by molar-refractivity contribution is -0.182. The van der Waals surface area contributed by atoms with E-state index in [1.54, 1.807) is 12.1 Å². The van der Waals surface area contributed by atoms with Crippen molar-refractivity contribution >= 4 is 23.6 Å². The number of nitrogens with one attached hydrogen (secondary N) is 1. The summed E-state index contributed by atoms with van der Waals surface area (Å²) in [4.78, 5) is 12.1. The minimum absolute atomic E-state index is 0.116. The fraction of sp³-hybridized carbons (Fsp3) is 0.550. The van der Waals surface area contributed by atoms with Gasteiger partial charge in [-0.05, 0) is 42.5 Å². The molecule has 2 fully saturated rings. The van der Waals surface area contributed by atoms with E-state index < -0.39 is 0 Å². The van der Waals surface area contributed by atoms with Crippen LogP contribution in [0, 0.1) is 5.92 Å². The Morgan fingerprint density at radius 3 is 2.67 bits per heavy atom. The van der Waals surface area contributed by atoms with Crippen LogP contribution in [0.5, 0.6) is 11.5 Å². The molecule has 0 aromatic heterocycles. The van der Waals surface area contributed by atoms with Crippen molar-refractivity contribution in [2.24, 2.45) is 5.92 Å². The van der Waals surface area contributed by atoms with Gasteiger partial charge in [0.25, 0.3) is 0 Å². The second kappa shape index (κ2) is 8.09. The molecule has 0 unspecified atom stereocenters. The molecule has 1 spiro atoms. The molecule has 3 aliphatic rings. The van der Waals surface area contributed by atoms with E-state index in [0.717, 1.165) is 31.2 Å². The van der Waals surface area contributed by atoms with Gasteiger partial charge in [-0.15, -0.1) is 0 Å². The van der Waals surface area contributed by atoms with Crippen molar-refractivity contribution in [2.45, 2.75) is 31.5 Å². The third kappa shape index (κ3) is 4.39. The highest BCUT2D eigenvalue weighted by atomic mass is 35.5. The van der Waals surface area contributed by atoms with Crippen molar-refractivity contribution in [1.29, 1.82) is 0 Å². The number of rotatable bonds is 4. The van der Waals surface area contributed by atoms with Gasteiger partial charge in [0.1, 0.15) is 13.2 Å². The van der Waals surface area contributed by atoms with Crippen LogP contribution in [0.25, 0.3) is 6.08 Å². The molecule has 1 N–H and O–H groups in total. The Morgan fingerprint density at radius 1 is 1.15 bits per heavy atom. The first kappa shape index (κ1) is 18.6. The minimum Gasteiger partial charge on any atom is -0.486 e. The Bertz CT molecular complexity index is 719. The lowest BCUT2D eigenvalue weighted by Crippen LogP contribution is -2.38. The number of halogens is 1. The molecule has 1 aromatic rings. The van der Waals surface area contributed by atoms with Crippen molar-refractivity contribution in [3.05, 3.63) is 28.8 Å². The van der Waals surface area contributed by atoms with Crippen LogP contribution in [0.1, 0.15) is 31.2 Å². The number of amides is 1. The van der Waals surface area contributed by atoms with Crippen molar-refractivity contribution in [1.82, 2.24) is 5.32 Å². The number of benzene rings is 1. The van der Waals surface area contributed by atoms with Gasteiger partial charge in [-0.2, -0.15) is 0 Å². The van der Waals surface area contributed by atoms with E-state index in [1.165, 1.54) is 6.08 Å². The molecule has 7 heteroatoms. The van der Waals surface area contributed by atoms with Crippen molar-refractivity contribution in [3.63, 3.8) is 0 Å². The Kier molecular flexibility index (Phi) is 5.57. The molecule has 1 aliphatic carbocycles. The van der Waals surface area contributed by atoms with E-state index in [-0.39, 0.29) is 11.7 Å². The standard InChI is InChI=1S/C20H24ClNO5/c21-16-11-15(12-17-19(16)25-8-7-24-17)1-2-18(23)22-13-14-3-5-20(6-4-14)26-9-10-27-20/h1-2,11-12,14H,3-10,13H2,(H,22,23)/b2-1+. The first-order valence-corrected chi connectivity index (χ1v) is 9.84. The van der Waals surface area contributed by atoms with Gasteiger partial charge < -0.3 is 24.3 Å². The molecule has 0 bridgehead atoms. The summed E-state index contributed by atoms with van der Waals surface area (Å²) in [6.45, 7) is 3.04. The number of carbonyl (C=O) groups is 1. The molecule has 6 nitrogen and oxygen atoms in total. The number of hydrogen-bond donors (Lipinski definition) is 1. The van der Waals surface area contributed by atoms with E-state index in [1.807, 2.05) is 6.07 Å². The average molecular weight is 394 g/mol. The van der Waals surface area contributed by atoms with E-state index in [4.69, 9.17) is 30.5 Å². The van der Waals surface area contributed by atoms with E-state index in [9.17, 15) is 4.79 Å². The van der Waals surface area contributed by atoms with Gasteiger partial charge in [0.05, 0.1) is 18.2 Å². The predicted octanol–water partition coefficient (Wildman–Crippen LogP) is 3.17. The largest absolute Gasteiger partial charge is 0.486 e. The topological polar surface area (TPSA) is 66.0 Å². The summed E-state index contributed by atoms with van der Waals surface area (Å²) in [7, 11) is 0. The van der Waals surface area contributed by atoms with Gasteiger partial charge >= 0.3 is 0 Å². The second-order valence-corrected chi connectivity index (χ2v) is 7.56. The number of hydrogen-bond acceptors (Lipinski definition) is 5. The molecular weight excluding hydrogens is 370 g/mol. The normalized spacial score (nSPS) is 21.7. The maximum Gasteiger partial charge on any atom is 0.244 e. The van der Waals surface area contributed by atoms with Gasteiger partial charge in [-0.1, -0.05) is 11.6 Å². The van der Waals surface area contributed by atoms with Gasteiger partial charge in [0.2, 0.25) is 5.91 Å². The van der Waals surface area contributed by atoms with Crippen LogP contribution in [0.3, 0.4) is 0 Å². The van der Waals surface area contributed by atoms with Crippen molar-refractivity contribution in [2.75, 3.05) is 33.0 Å². The quantitative estimate of drug-likeness (QED) is 0.796. The van der Waals surface area contributed by atoms with E-state index in [0.29, 0.717) is 55.4 Å². The lowest BCUT2D eigenvalue weighted by atomic mass is 9.85. The molecule has 2 aliphatic heterocycles. The fourth-order valence-corrected chi connectivity index (χ4v) is 4.08. The molecule has 146 valence electrons. The first-order chi connectivity index (χ1) is 13.1. The summed E-state index contributed by atoms with van der Waals surface area (Å²) in [5, 5.41) is 3.47. The molecule has 1 saturated carbocycles. The van der Waals surface area contributed by atoms with Gasteiger partial charge in [0, 0.05) is 25.5 Å². The van der Waals surface area contributed by atoms with Gasteiger partial charge in [0.15, 0.2) is 17.3 Å². The van der Waals surface area contributed by atoms with Crippen LogP contribution in [-0.4, -0.2) is 44.7 Å². The second-order valence-electron chi connectivity index (χ2n) is 7.16. The highest BCUT2D eigenvalue weighted by Gasteiger charge is 2.40. The Hall–Kier alpha value is -1.76. The molecule has 1 saturated heterocycles. The molecule has 1 aromatic carbocycles. The third-order valence-corrected chi connectivity index (χ3v) is 5.57. The number of fused-ring (bicyclic) bond motifs is 1. The molecule has 1 amide bonds. The summed E-state index contributed by atoms with van der Waals surface area (Å²) in [5.74, 6) is 1.17. The van der Waals surface area contributed by atoms with E-state index in [2.05, 4.69) is 5.32 Å². The highest BCUT2D eigenvalue weighted by Crippen LogP contribution is 2.39.